The molecule has 0 fully saturated rings. The molecule has 1 rings (SSSR count). The molecule has 0 atom stereocenters. The monoisotopic (exact) mass is 216 g/mol. The largest absolute Gasteiger partial charge is 0.325 e. The fourth-order valence-electron chi connectivity index (χ4n) is 1.40. The van der Waals surface area contributed by atoms with Crippen molar-refractivity contribution in [3.8, 4) is 6.07 Å². The van der Waals surface area contributed by atoms with Gasteiger partial charge in [0, 0.05) is 5.69 Å². The Morgan fingerprint density at radius 3 is 2.75 bits per heavy atom. The van der Waals surface area contributed by atoms with Crippen molar-refractivity contribution in [1.29, 1.82) is 5.26 Å². The van der Waals surface area contributed by atoms with Crippen molar-refractivity contribution in [3.63, 3.8) is 0 Å². The fourth-order valence-corrected chi connectivity index (χ4v) is 1.40. The van der Waals surface area contributed by atoms with Crippen molar-refractivity contribution < 1.29 is 4.79 Å². The maximum atomic E-state index is 11.3. The summed E-state index contributed by atoms with van der Waals surface area (Å²) in [5.74, 6) is 0.165. The van der Waals surface area contributed by atoms with Gasteiger partial charge in [-0.15, -0.1) is 0 Å². The molecule has 1 amide bonds. The summed E-state index contributed by atoms with van der Waals surface area (Å²) in [5.41, 5.74) is 2.99. The molecule has 0 saturated heterocycles. The summed E-state index contributed by atoms with van der Waals surface area (Å²) < 4.78 is 0. The highest BCUT2D eigenvalue weighted by Gasteiger charge is 2.06. The zero-order chi connectivity index (χ0) is 12.1. The maximum Gasteiger partial charge on any atom is 0.238 e. The molecule has 0 aliphatic rings. The smallest absolute Gasteiger partial charge is 0.238 e. The molecule has 0 aromatic heterocycles. The SMILES string of the molecule is Cc1ccc(C(C)C)cc1NC(=O)CC#N. The first-order valence-electron chi connectivity index (χ1n) is 5.32. The molecule has 0 saturated carbocycles. The molecule has 1 aromatic rings. The number of amides is 1. The number of carbonyl (C=O) groups excluding carboxylic acids is 1. The number of hydrogen-bond acceptors (Lipinski definition) is 2. The molecule has 0 aliphatic heterocycles. The molecule has 0 aliphatic carbocycles. The van der Waals surface area contributed by atoms with Crippen LogP contribution in [0.25, 0.3) is 0 Å². The van der Waals surface area contributed by atoms with Crippen molar-refractivity contribution in [2.45, 2.75) is 33.1 Å². The van der Waals surface area contributed by atoms with Crippen LogP contribution in [-0.4, -0.2) is 5.91 Å². The minimum Gasteiger partial charge on any atom is -0.325 e. The number of carbonyl (C=O) groups is 1. The highest BCUT2D eigenvalue weighted by molar-refractivity contribution is 5.92. The minimum absolute atomic E-state index is 0.106. The van der Waals surface area contributed by atoms with E-state index in [1.165, 1.54) is 5.56 Å². The van der Waals surface area contributed by atoms with Crippen LogP contribution in [0.5, 0.6) is 0 Å². The highest BCUT2D eigenvalue weighted by atomic mass is 16.1. The topological polar surface area (TPSA) is 52.9 Å². The van der Waals surface area contributed by atoms with Gasteiger partial charge in [0.1, 0.15) is 6.42 Å². The highest BCUT2D eigenvalue weighted by Crippen LogP contribution is 2.22. The first-order chi connectivity index (χ1) is 7.54. The summed E-state index contributed by atoms with van der Waals surface area (Å²) in [5, 5.41) is 11.2. The predicted octanol–water partition coefficient (Wildman–Crippen LogP) is 2.97. The Kier molecular flexibility index (Phi) is 4.07. The number of benzene rings is 1. The number of nitrogens with zero attached hydrogens (tertiary/aromatic N) is 1. The van der Waals surface area contributed by atoms with Gasteiger partial charge in [0.25, 0.3) is 0 Å². The van der Waals surface area contributed by atoms with Gasteiger partial charge < -0.3 is 5.32 Å². The van der Waals surface area contributed by atoms with Gasteiger partial charge in [0.05, 0.1) is 6.07 Å². The van der Waals surface area contributed by atoms with Crippen LogP contribution in [0.1, 0.15) is 37.3 Å². The first kappa shape index (κ1) is 12.3. The van der Waals surface area contributed by atoms with Crippen molar-refractivity contribution in [3.05, 3.63) is 29.3 Å². The van der Waals surface area contributed by atoms with Gasteiger partial charge in [-0.2, -0.15) is 5.26 Å². The normalized spacial score (nSPS) is 9.94. The average molecular weight is 216 g/mol. The van der Waals surface area contributed by atoms with Gasteiger partial charge in [-0.25, -0.2) is 0 Å². The van der Waals surface area contributed by atoms with Crippen LogP contribution in [0.15, 0.2) is 18.2 Å². The summed E-state index contributed by atoms with van der Waals surface area (Å²) in [6, 6.07) is 7.84. The lowest BCUT2D eigenvalue weighted by atomic mass is 10.0. The van der Waals surface area contributed by atoms with E-state index in [0.717, 1.165) is 11.3 Å². The van der Waals surface area contributed by atoms with Gasteiger partial charge in [0.2, 0.25) is 5.91 Å². The van der Waals surface area contributed by atoms with E-state index >= 15 is 0 Å². The van der Waals surface area contributed by atoms with E-state index in [1.54, 1.807) is 0 Å². The summed E-state index contributed by atoms with van der Waals surface area (Å²) >= 11 is 0. The Balaban J connectivity index is 2.91. The Bertz CT molecular complexity index is 430. The van der Waals surface area contributed by atoms with Gasteiger partial charge in [-0.05, 0) is 30.0 Å². The lowest BCUT2D eigenvalue weighted by Gasteiger charge is -2.11. The summed E-state index contributed by atoms with van der Waals surface area (Å²) in [7, 11) is 0. The van der Waals surface area contributed by atoms with Crippen LogP contribution in [0.3, 0.4) is 0 Å². The Hall–Kier alpha value is -1.82. The number of nitrogens with one attached hydrogen (secondary N) is 1. The third kappa shape index (κ3) is 3.09. The van der Waals surface area contributed by atoms with Gasteiger partial charge in [-0.1, -0.05) is 26.0 Å². The van der Waals surface area contributed by atoms with Crippen molar-refractivity contribution in [2.75, 3.05) is 5.32 Å². The molecule has 0 radical (unpaired) electrons. The molecule has 0 bridgehead atoms. The van der Waals surface area contributed by atoms with E-state index in [9.17, 15) is 4.79 Å². The lowest BCUT2D eigenvalue weighted by molar-refractivity contribution is -0.115. The second-order valence-electron chi connectivity index (χ2n) is 4.11. The van der Waals surface area contributed by atoms with Crippen LogP contribution in [0, 0.1) is 18.3 Å². The summed E-state index contributed by atoms with van der Waals surface area (Å²) in [4.78, 5) is 11.3. The zero-order valence-corrected chi connectivity index (χ0v) is 9.87. The van der Waals surface area contributed by atoms with E-state index in [2.05, 4.69) is 25.2 Å². The first-order valence-corrected chi connectivity index (χ1v) is 5.32. The summed E-state index contributed by atoms with van der Waals surface area (Å²) in [6.45, 7) is 6.14. The number of rotatable bonds is 3. The van der Waals surface area contributed by atoms with E-state index in [0.29, 0.717) is 5.92 Å². The third-order valence-electron chi connectivity index (χ3n) is 2.44. The molecular formula is C13H16N2O. The van der Waals surface area contributed by atoms with Crippen molar-refractivity contribution in [2.24, 2.45) is 0 Å². The zero-order valence-electron chi connectivity index (χ0n) is 9.87. The Morgan fingerprint density at radius 1 is 1.50 bits per heavy atom. The number of hydrogen-bond donors (Lipinski definition) is 1. The second-order valence-corrected chi connectivity index (χ2v) is 4.11. The molecule has 1 N–H and O–H groups in total. The van der Waals surface area contributed by atoms with Gasteiger partial charge in [0.15, 0.2) is 0 Å². The van der Waals surface area contributed by atoms with Crippen molar-refractivity contribution >= 4 is 11.6 Å². The van der Waals surface area contributed by atoms with E-state index < -0.39 is 0 Å². The molecule has 1 aromatic carbocycles. The minimum atomic E-state index is -0.258. The Labute approximate surface area is 96.1 Å². The lowest BCUT2D eigenvalue weighted by Crippen LogP contribution is -2.11. The third-order valence-corrected chi connectivity index (χ3v) is 2.44. The molecular weight excluding hydrogens is 200 g/mol. The standard InChI is InChI=1S/C13H16N2O/c1-9(2)11-5-4-10(3)12(8-11)15-13(16)6-7-14/h4-5,8-9H,6H2,1-3H3,(H,15,16). The maximum absolute atomic E-state index is 11.3. The molecule has 0 heterocycles. The number of anilines is 1. The molecule has 0 unspecified atom stereocenters. The molecule has 3 nitrogen and oxygen atoms in total. The van der Waals surface area contributed by atoms with Gasteiger partial charge >= 0.3 is 0 Å². The quantitative estimate of drug-likeness (QED) is 0.844. The number of nitriles is 1. The molecule has 16 heavy (non-hydrogen) atoms. The van der Waals surface area contributed by atoms with Crippen LogP contribution in [0.4, 0.5) is 5.69 Å². The molecule has 3 heteroatoms. The van der Waals surface area contributed by atoms with E-state index in [-0.39, 0.29) is 12.3 Å². The Morgan fingerprint density at radius 2 is 2.19 bits per heavy atom. The van der Waals surface area contributed by atoms with Crippen LogP contribution in [0.2, 0.25) is 0 Å². The van der Waals surface area contributed by atoms with E-state index in [4.69, 9.17) is 5.26 Å². The van der Waals surface area contributed by atoms with Crippen LogP contribution in [-0.2, 0) is 4.79 Å². The van der Waals surface area contributed by atoms with E-state index in [1.807, 2.05) is 25.1 Å². The van der Waals surface area contributed by atoms with Crippen LogP contribution < -0.4 is 5.32 Å². The van der Waals surface area contributed by atoms with Gasteiger partial charge in [-0.3, -0.25) is 4.79 Å². The summed E-state index contributed by atoms with van der Waals surface area (Å²) in [6.07, 6.45) is -0.106. The van der Waals surface area contributed by atoms with Crippen LogP contribution >= 0.6 is 0 Å². The molecule has 0 spiro atoms. The predicted molar refractivity (Wildman–Crippen MR) is 64.1 cm³/mol. The fraction of sp³-hybridized carbons (Fsp3) is 0.385. The molecule has 84 valence electrons. The average Bonchev–Trinajstić information content (AvgIpc) is 2.21. The number of aryl methyl sites for hydroxylation is 1. The second kappa shape index (κ2) is 5.32. The van der Waals surface area contributed by atoms with Crippen molar-refractivity contribution in [1.82, 2.24) is 0 Å².